The van der Waals surface area contributed by atoms with Crippen molar-refractivity contribution in [2.24, 2.45) is 0 Å². The average Bonchev–Trinajstić information content (AvgIpc) is 2.83. The van der Waals surface area contributed by atoms with Crippen molar-refractivity contribution < 1.29 is 14.2 Å². The number of hydrogen-bond donors (Lipinski definition) is 0. The van der Waals surface area contributed by atoms with E-state index in [1.165, 1.54) is 22.3 Å². The van der Waals surface area contributed by atoms with Crippen LogP contribution in [-0.2, 0) is 24.2 Å². The molecule has 0 aliphatic heterocycles. The molecular weight excluding hydrogens is 434 g/mol. The Bertz CT molecular complexity index is 1110. The summed E-state index contributed by atoms with van der Waals surface area (Å²) in [7, 11) is 1.70. The SMILES string of the molecule is CCc1cccc(CC)c1-c1cc(O[C@H](C)COC)c(COc2cc(C(C)C)ccc2C)c(C)n1. The van der Waals surface area contributed by atoms with Gasteiger partial charge in [-0.3, -0.25) is 4.98 Å². The molecule has 1 atom stereocenters. The molecule has 188 valence electrons. The zero-order valence-corrected chi connectivity index (χ0v) is 22.7. The predicted molar refractivity (Wildman–Crippen MR) is 145 cm³/mol. The molecule has 35 heavy (non-hydrogen) atoms. The normalized spacial score (nSPS) is 12.1. The second kappa shape index (κ2) is 12.2. The molecule has 3 aromatic rings. The van der Waals surface area contributed by atoms with Crippen LogP contribution in [0.5, 0.6) is 11.5 Å². The van der Waals surface area contributed by atoms with E-state index in [0.717, 1.165) is 46.9 Å². The molecule has 0 saturated carbocycles. The van der Waals surface area contributed by atoms with Gasteiger partial charge in [-0.1, -0.05) is 58.0 Å². The largest absolute Gasteiger partial charge is 0.488 e. The Morgan fingerprint density at radius 3 is 2.17 bits per heavy atom. The smallest absolute Gasteiger partial charge is 0.130 e. The highest BCUT2D eigenvalue weighted by atomic mass is 16.5. The number of pyridine rings is 1. The van der Waals surface area contributed by atoms with Crippen LogP contribution in [0.25, 0.3) is 11.3 Å². The monoisotopic (exact) mass is 475 g/mol. The van der Waals surface area contributed by atoms with Crippen LogP contribution in [0.15, 0.2) is 42.5 Å². The first-order valence-electron chi connectivity index (χ1n) is 12.8. The Kier molecular flexibility index (Phi) is 9.33. The zero-order valence-electron chi connectivity index (χ0n) is 22.7. The lowest BCUT2D eigenvalue weighted by Gasteiger charge is -2.21. The number of aromatic nitrogens is 1. The molecule has 4 nitrogen and oxygen atoms in total. The fourth-order valence-electron chi connectivity index (χ4n) is 4.42. The summed E-state index contributed by atoms with van der Waals surface area (Å²) >= 11 is 0. The second-order valence-corrected chi connectivity index (χ2v) is 9.58. The van der Waals surface area contributed by atoms with Gasteiger partial charge in [-0.25, -0.2) is 0 Å². The Labute approximate surface area is 211 Å². The topological polar surface area (TPSA) is 40.6 Å². The van der Waals surface area contributed by atoms with Crippen molar-refractivity contribution in [1.29, 1.82) is 0 Å². The van der Waals surface area contributed by atoms with Gasteiger partial charge in [-0.2, -0.15) is 0 Å². The van der Waals surface area contributed by atoms with Crippen molar-refractivity contribution >= 4 is 0 Å². The molecule has 2 aromatic carbocycles. The molecule has 1 aromatic heterocycles. The minimum absolute atomic E-state index is 0.0912. The van der Waals surface area contributed by atoms with Crippen LogP contribution >= 0.6 is 0 Å². The predicted octanol–water partition coefficient (Wildman–Crippen LogP) is 7.61. The van der Waals surface area contributed by atoms with E-state index in [1.54, 1.807) is 7.11 Å². The van der Waals surface area contributed by atoms with Gasteiger partial charge < -0.3 is 14.2 Å². The summed E-state index contributed by atoms with van der Waals surface area (Å²) in [5.41, 5.74) is 9.07. The van der Waals surface area contributed by atoms with Crippen LogP contribution in [0.4, 0.5) is 0 Å². The Morgan fingerprint density at radius 2 is 1.57 bits per heavy atom. The molecule has 0 spiro atoms. The molecule has 0 radical (unpaired) electrons. The maximum Gasteiger partial charge on any atom is 0.130 e. The molecule has 0 N–H and O–H groups in total. The van der Waals surface area contributed by atoms with Crippen LogP contribution in [0.3, 0.4) is 0 Å². The summed E-state index contributed by atoms with van der Waals surface area (Å²) in [4.78, 5) is 5.06. The van der Waals surface area contributed by atoms with Gasteiger partial charge >= 0.3 is 0 Å². The minimum Gasteiger partial charge on any atom is -0.488 e. The second-order valence-electron chi connectivity index (χ2n) is 9.58. The first-order chi connectivity index (χ1) is 16.8. The van der Waals surface area contributed by atoms with Crippen LogP contribution in [-0.4, -0.2) is 24.8 Å². The Hall–Kier alpha value is -2.85. The van der Waals surface area contributed by atoms with Crippen LogP contribution < -0.4 is 9.47 Å². The van der Waals surface area contributed by atoms with Crippen LogP contribution in [0.1, 0.15) is 74.0 Å². The first kappa shape index (κ1) is 26.7. The zero-order chi connectivity index (χ0) is 25.5. The number of aryl methyl sites for hydroxylation is 4. The molecule has 0 aliphatic rings. The molecule has 0 aliphatic carbocycles. The van der Waals surface area contributed by atoms with Crippen LogP contribution in [0.2, 0.25) is 0 Å². The fraction of sp³-hybridized carbons (Fsp3) is 0.452. The molecule has 4 heteroatoms. The van der Waals surface area contributed by atoms with Crippen molar-refractivity contribution in [3.63, 3.8) is 0 Å². The van der Waals surface area contributed by atoms with E-state index in [9.17, 15) is 0 Å². The summed E-state index contributed by atoms with van der Waals surface area (Å²) in [5, 5.41) is 0. The van der Waals surface area contributed by atoms with E-state index >= 15 is 0 Å². The van der Waals surface area contributed by atoms with Gasteiger partial charge in [0.15, 0.2) is 0 Å². The molecule has 3 rings (SSSR count). The van der Waals surface area contributed by atoms with Gasteiger partial charge in [-0.05, 0) is 67.9 Å². The van der Waals surface area contributed by atoms with Gasteiger partial charge in [0, 0.05) is 24.4 Å². The average molecular weight is 476 g/mol. The van der Waals surface area contributed by atoms with E-state index in [2.05, 4.69) is 77.1 Å². The standard InChI is InChI=1S/C31H41NO3/c1-9-24-12-11-13-25(10-2)31(24)28-17-30(35-22(6)18-33-8)27(23(7)32-28)19-34-29-16-26(20(3)4)15-14-21(29)5/h11-17,20,22H,9-10,18-19H2,1-8H3/t22-/m1/s1. The quantitative estimate of drug-likeness (QED) is 0.286. The Morgan fingerprint density at radius 1 is 0.886 bits per heavy atom. The lowest BCUT2D eigenvalue weighted by molar-refractivity contribution is 0.0904. The van der Waals surface area contributed by atoms with Crippen molar-refractivity contribution in [1.82, 2.24) is 4.98 Å². The van der Waals surface area contributed by atoms with Crippen molar-refractivity contribution in [2.45, 2.75) is 79.9 Å². The highest BCUT2D eigenvalue weighted by Gasteiger charge is 2.19. The number of hydrogen-bond acceptors (Lipinski definition) is 4. The molecule has 0 saturated heterocycles. The minimum atomic E-state index is -0.0912. The number of ether oxygens (including phenoxy) is 3. The van der Waals surface area contributed by atoms with Gasteiger partial charge in [0.2, 0.25) is 0 Å². The maximum atomic E-state index is 6.41. The highest BCUT2D eigenvalue weighted by molar-refractivity contribution is 5.70. The summed E-state index contributed by atoms with van der Waals surface area (Å²) < 4.78 is 18.1. The Balaban J connectivity index is 2.05. The van der Waals surface area contributed by atoms with Crippen molar-refractivity contribution in [3.05, 3.63) is 76.0 Å². The molecular formula is C31H41NO3. The van der Waals surface area contributed by atoms with E-state index in [1.807, 2.05) is 13.8 Å². The van der Waals surface area contributed by atoms with E-state index in [-0.39, 0.29) is 6.10 Å². The van der Waals surface area contributed by atoms with Gasteiger partial charge in [0.1, 0.15) is 24.2 Å². The molecule has 1 heterocycles. The van der Waals surface area contributed by atoms with Crippen molar-refractivity contribution in [3.8, 4) is 22.8 Å². The first-order valence-corrected chi connectivity index (χ1v) is 12.8. The fourth-order valence-corrected chi connectivity index (χ4v) is 4.42. The molecule has 0 fully saturated rings. The third-order valence-corrected chi connectivity index (χ3v) is 6.53. The van der Waals surface area contributed by atoms with Gasteiger partial charge in [0.25, 0.3) is 0 Å². The van der Waals surface area contributed by atoms with Crippen molar-refractivity contribution in [2.75, 3.05) is 13.7 Å². The summed E-state index contributed by atoms with van der Waals surface area (Å²) in [6.45, 7) is 15.8. The number of methoxy groups -OCH3 is 1. The van der Waals surface area contributed by atoms with Crippen LogP contribution in [0, 0.1) is 13.8 Å². The van der Waals surface area contributed by atoms with E-state index in [0.29, 0.717) is 19.1 Å². The maximum absolute atomic E-state index is 6.41. The lowest BCUT2D eigenvalue weighted by atomic mass is 9.94. The third kappa shape index (κ3) is 6.43. The summed E-state index contributed by atoms with van der Waals surface area (Å²) in [6, 6.07) is 15.1. The molecule has 0 amide bonds. The number of rotatable bonds is 11. The lowest BCUT2D eigenvalue weighted by Crippen LogP contribution is -2.19. The van der Waals surface area contributed by atoms with E-state index in [4.69, 9.17) is 19.2 Å². The highest BCUT2D eigenvalue weighted by Crippen LogP contribution is 2.34. The van der Waals surface area contributed by atoms with Gasteiger partial charge in [0.05, 0.1) is 17.9 Å². The summed E-state index contributed by atoms with van der Waals surface area (Å²) in [5.74, 6) is 2.16. The van der Waals surface area contributed by atoms with E-state index < -0.39 is 0 Å². The third-order valence-electron chi connectivity index (χ3n) is 6.53. The molecule has 0 unspecified atom stereocenters. The van der Waals surface area contributed by atoms with Gasteiger partial charge in [-0.15, -0.1) is 0 Å². The summed E-state index contributed by atoms with van der Waals surface area (Å²) in [6.07, 6.45) is 1.82. The number of benzene rings is 2. The molecule has 0 bridgehead atoms. The number of nitrogens with zero attached hydrogens (tertiary/aromatic N) is 1.